The fraction of sp³-hybridized carbons (Fsp3) is 0.500. The molecule has 2 unspecified atom stereocenters. The van der Waals surface area contributed by atoms with Gasteiger partial charge in [0.25, 0.3) is 5.91 Å². The summed E-state index contributed by atoms with van der Waals surface area (Å²) in [6.07, 6.45) is 1.96. The van der Waals surface area contributed by atoms with Crippen LogP contribution in [0.3, 0.4) is 0 Å². The van der Waals surface area contributed by atoms with Gasteiger partial charge in [-0.1, -0.05) is 43.2 Å². The molecule has 1 heterocycles. The average Bonchev–Trinajstić information content (AvgIpc) is 3.51. The predicted octanol–water partition coefficient (Wildman–Crippen LogP) is 0.147. The summed E-state index contributed by atoms with van der Waals surface area (Å²) in [5.41, 5.74) is 5.93. The SMILES string of the molecule is NC(=O)C(=O)C(C[C@@H]1CCNC1=O)NC(=O)C(CC1CC1)NC(=O)OCc1ccccc1. The number of Topliss-reactive ketones (excluding diaryl/α,β-unsaturated/α-hetero) is 1. The van der Waals surface area contributed by atoms with Gasteiger partial charge in [-0.25, -0.2) is 4.79 Å². The van der Waals surface area contributed by atoms with Crippen LogP contribution in [0, 0.1) is 11.8 Å². The molecule has 0 bridgehead atoms. The first-order valence-corrected chi connectivity index (χ1v) is 10.7. The quantitative estimate of drug-likeness (QED) is 0.356. The molecule has 3 rings (SSSR count). The van der Waals surface area contributed by atoms with Crippen molar-refractivity contribution in [1.29, 1.82) is 0 Å². The summed E-state index contributed by atoms with van der Waals surface area (Å²) in [5.74, 6) is -3.25. The van der Waals surface area contributed by atoms with Gasteiger partial charge in [0.15, 0.2) is 0 Å². The highest BCUT2D eigenvalue weighted by atomic mass is 16.5. The summed E-state index contributed by atoms with van der Waals surface area (Å²) >= 11 is 0. The predicted molar refractivity (Wildman–Crippen MR) is 113 cm³/mol. The van der Waals surface area contributed by atoms with E-state index in [0.717, 1.165) is 18.4 Å². The van der Waals surface area contributed by atoms with Gasteiger partial charge in [0, 0.05) is 12.5 Å². The second-order valence-corrected chi connectivity index (χ2v) is 8.24. The Morgan fingerprint density at radius 3 is 2.34 bits per heavy atom. The Morgan fingerprint density at radius 2 is 1.75 bits per heavy atom. The Bertz CT molecular complexity index is 870. The number of nitrogens with two attached hydrogens (primary N) is 1. The number of carbonyl (C=O) groups is 5. The van der Waals surface area contributed by atoms with Crippen LogP contribution in [0.2, 0.25) is 0 Å². The van der Waals surface area contributed by atoms with E-state index in [1.54, 1.807) is 12.1 Å². The van der Waals surface area contributed by atoms with Gasteiger partial charge in [0.05, 0.1) is 6.04 Å². The Morgan fingerprint density at radius 1 is 1.03 bits per heavy atom. The number of benzene rings is 1. The van der Waals surface area contributed by atoms with E-state index in [-0.39, 0.29) is 24.9 Å². The molecule has 32 heavy (non-hydrogen) atoms. The molecule has 1 aliphatic carbocycles. The van der Waals surface area contributed by atoms with Crippen molar-refractivity contribution in [2.75, 3.05) is 6.54 Å². The zero-order valence-electron chi connectivity index (χ0n) is 17.7. The van der Waals surface area contributed by atoms with Gasteiger partial charge in [-0.05, 0) is 30.7 Å². The van der Waals surface area contributed by atoms with Gasteiger partial charge < -0.3 is 26.4 Å². The summed E-state index contributed by atoms with van der Waals surface area (Å²) in [5, 5.41) is 7.73. The van der Waals surface area contributed by atoms with Crippen LogP contribution >= 0.6 is 0 Å². The van der Waals surface area contributed by atoms with Gasteiger partial charge in [-0.2, -0.15) is 0 Å². The number of rotatable bonds is 11. The van der Waals surface area contributed by atoms with Crippen LogP contribution in [0.4, 0.5) is 4.79 Å². The second kappa shape index (κ2) is 10.7. The molecule has 1 aromatic carbocycles. The van der Waals surface area contributed by atoms with Crippen molar-refractivity contribution >= 4 is 29.6 Å². The Hall–Kier alpha value is -3.43. The monoisotopic (exact) mass is 444 g/mol. The smallest absolute Gasteiger partial charge is 0.408 e. The van der Waals surface area contributed by atoms with Gasteiger partial charge in [-0.3, -0.25) is 19.2 Å². The largest absolute Gasteiger partial charge is 0.445 e. The maximum Gasteiger partial charge on any atom is 0.408 e. The first-order chi connectivity index (χ1) is 15.3. The molecule has 4 amide bonds. The van der Waals surface area contributed by atoms with E-state index in [0.29, 0.717) is 19.4 Å². The topological polar surface area (TPSA) is 157 Å². The Balaban J connectivity index is 1.61. The van der Waals surface area contributed by atoms with E-state index >= 15 is 0 Å². The second-order valence-electron chi connectivity index (χ2n) is 8.24. The molecule has 10 nitrogen and oxygen atoms in total. The highest BCUT2D eigenvalue weighted by Crippen LogP contribution is 2.33. The third-order valence-electron chi connectivity index (χ3n) is 5.65. The van der Waals surface area contributed by atoms with Crippen LogP contribution in [-0.4, -0.2) is 48.2 Å². The van der Waals surface area contributed by atoms with Crippen LogP contribution in [0.5, 0.6) is 0 Å². The molecule has 0 spiro atoms. The molecular formula is C22H28N4O6. The minimum atomic E-state index is -1.24. The van der Waals surface area contributed by atoms with Crippen LogP contribution in [0.25, 0.3) is 0 Å². The summed E-state index contributed by atoms with van der Waals surface area (Å²) in [6.45, 7) is 0.512. The maximum absolute atomic E-state index is 12.9. The Kier molecular flexibility index (Phi) is 7.80. The minimum absolute atomic E-state index is 0.0338. The van der Waals surface area contributed by atoms with Crippen LogP contribution in [0.1, 0.15) is 37.7 Å². The van der Waals surface area contributed by atoms with Gasteiger partial charge in [-0.15, -0.1) is 0 Å². The average molecular weight is 444 g/mol. The van der Waals surface area contributed by atoms with Crippen molar-refractivity contribution in [3.8, 4) is 0 Å². The lowest BCUT2D eigenvalue weighted by Gasteiger charge is -2.23. The molecule has 0 aromatic heterocycles. The number of hydrogen-bond donors (Lipinski definition) is 4. The number of amides is 4. The Labute approximate surface area is 185 Å². The maximum atomic E-state index is 12.9. The minimum Gasteiger partial charge on any atom is -0.445 e. The normalized spacial score (nSPS) is 19.4. The lowest BCUT2D eigenvalue weighted by Crippen LogP contribution is -2.54. The van der Waals surface area contributed by atoms with Crippen molar-refractivity contribution < 1.29 is 28.7 Å². The van der Waals surface area contributed by atoms with Gasteiger partial charge >= 0.3 is 6.09 Å². The molecule has 2 fully saturated rings. The highest BCUT2D eigenvalue weighted by Gasteiger charge is 2.36. The van der Waals surface area contributed by atoms with Crippen molar-refractivity contribution in [2.24, 2.45) is 17.6 Å². The van der Waals surface area contributed by atoms with E-state index in [2.05, 4.69) is 16.0 Å². The first-order valence-electron chi connectivity index (χ1n) is 10.7. The van der Waals surface area contributed by atoms with Crippen LogP contribution in [-0.2, 0) is 30.5 Å². The fourth-order valence-corrected chi connectivity index (χ4v) is 3.66. The van der Waals surface area contributed by atoms with E-state index in [1.165, 1.54) is 0 Å². The molecule has 1 saturated carbocycles. The molecule has 1 aromatic rings. The van der Waals surface area contributed by atoms with Crippen molar-refractivity contribution in [2.45, 2.75) is 50.8 Å². The summed E-state index contributed by atoms with van der Waals surface area (Å²) in [7, 11) is 0. The van der Waals surface area contributed by atoms with E-state index in [9.17, 15) is 24.0 Å². The molecule has 0 radical (unpaired) electrons. The molecule has 10 heteroatoms. The fourth-order valence-electron chi connectivity index (χ4n) is 3.66. The number of ether oxygens (including phenoxy) is 1. The molecule has 2 aliphatic rings. The lowest BCUT2D eigenvalue weighted by molar-refractivity contribution is -0.139. The lowest BCUT2D eigenvalue weighted by atomic mass is 9.95. The molecule has 5 N–H and O–H groups in total. The third-order valence-corrected chi connectivity index (χ3v) is 5.65. The molecule has 1 saturated heterocycles. The number of primary amides is 1. The summed E-state index contributed by atoms with van der Waals surface area (Å²) in [4.78, 5) is 60.8. The molecular weight excluding hydrogens is 416 g/mol. The number of carbonyl (C=O) groups excluding carboxylic acids is 5. The van der Waals surface area contributed by atoms with E-state index in [4.69, 9.17) is 10.5 Å². The molecule has 3 atom stereocenters. The standard InChI is InChI=1S/C22H28N4O6/c23-19(28)18(27)16(11-15-8-9-24-20(15)29)25-21(30)17(10-13-6-7-13)26-22(31)32-12-14-4-2-1-3-5-14/h1-5,13,15-17H,6-12H2,(H2,23,28)(H,24,29)(H,25,30)(H,26,31)/t15-,16?,17?/m0/s1. The summed E-state index contributed by atoms with van der Waals surface area (Å²) < 4.78 is 5.20. The zero-order chi connectivity index (χ0) is 23.1. The number of ketones is 1. The van der Waals surface area contributed by atoms with Crippen molar-refractivity contribution in [3.05, 3.63) is 35.9 Å². The van der Waals surface area contributed by atoms with E-state index in [1.807, 2.05) is 18.2 Å². The zero-order valence-corrected chi connectivity index (χ0v) is 17.7. The van der Waals surface area contributed by atoms with Crippen LogP contribution in [0.15, 0.2) is 30.3 Å². The first kappa shape index (κ1) is 23.2. The molecule has 172 valence electrons. The van der Waals surface area contributed by atoms with Crippen molar-refractivity contribution in [3.63, 3.8) is 0 Å². The number of hydrogen-bond acceptors (Lipinski definition) is 6. The van der Waals surface area contributed by atoms with Crippen LogP contribution < -0.4 is 21.7 Å². The van der Waals surface area contributed by atoms with E-state index < -0.39 is 41.7 Å². The highest BCUT2D eigenvalue weighted by molar-refractivity contribution is 6.37. The number of alkyl carbamates (subject to hydrolysis) is 1. The molecule has 1 aliphatic heterocycles. The van der Waals surface area contributed by atoms with Gasteiger partial charge in [0.1, 0.15) is 12.6 Å². The number of nitrogens with one attached hydrogen (secondary N) is 3. The third kappa shape index (κ3) is 6.79. The van der Waals surface area contributed by atoms with Gasteiger partial charge in [0.2, 0.25) is 17.6 Å². The van der Waals surface area contributed by atoms with Crippen molar-refractivity contribution in [1.82, 2.24) is 16.0 Å². The summed E-state index contributed by atoms with van der Waals surface area (Å²) in [6, 6.07) is 6.92.